The van der Waals surface area contributed by atoms with Gasteiger partial charge >= 0.3 is 11.9 Å². The second kappa shape index (κ2) is 5.14. The van der Waals surface area contributed by atoms with Gasteiger partial charge in [0.15, 0.2) is 5.69 Å². The molecule has 1 aromatic heterocycles. The van der Waals surface area contributed by atoms with Crippen molar-refractivity contribution < 1.29 is 19.4 Å². The van der Waals surface area contributed by atoms with Gasteiger partial charge in [-0.25, -0.2) is 4.79 Å². The van der Waals surface area contributed by atoms with E-state index in [2.05, 4.69) is 5.10 Å². The molecule has 0 atom stereocenters. The van der Waals surface area contributed by atoms with Gasteiger partial charge in [0.05, 0.1) is 19.6 Å². The minimum absolute atomic E-state index is 0.0239. The fraction of sp³-hybridized carbons (Fsp3) is 0.444. The Balaban J connectivity index is 2.56. The van der Waals surface area contributed by atoms with Crippen molar-refractivity contribution in [3.8, 4) is 0 Å². The van der Waals surface area contributed by atoms with E-state index < -0.39 is 11.9 Å². The first-order valence-corrected chi connectivity index (χ1v) is 4.56. The summed E-state index contributed by atoms with van der Waals surface area (Å²) in [5.74, 6) is -1.39. The predicted molar refractivity (Wildman–Crippen MR) is 50.4 cm³/mol. The Morgan fingerprint density at radius 1 is 1.60 bits per heavy atom. The third kappa shape index (κ3) is 3.41. The summed E-state index contributed by atoms with van der Waals surface area (Å²) in [7, 11) is 0. The molecule has 0 radical (unpaired) electrons. The van der Waals surface area contributed by atoms with Gasteiger partial charge in [0, 0.05) is 6.20 Å². The Morgan fingerprint density at radius 3 is 2.93 bits per heavy atom. The Labute approximate surface area is 86.5 Å². The van der Waals surface area contributed by atoms with Crippen LogP contribution in [-0.2, 0) is 16.1 Å². The summed E-state index contributed by atoms with van der Waals surface area (Å²) in [5.41, 5.74) is 0.197. The number of carboxylic acid groups (broad SMARTS) is 1. The second-order valence-corrected chi connectivity index (χ2v) is 2.83. The number of carboxylic acids is 1. The monoisotopic (exact) mass is 212 g/mol. The smallest absolute Gasteiger partial charge is 0.358 e. The van der Waals surface area contributed by atoms with Crippen molar-refractivity contribution in [3.05, 3.63) is 18.0 Å². The van der Waals surface area contributed by atoms with Gasteiger partial charge in [-0.2, -0.15) is 5.10 Å². The molecule has 0 aliphatic carbocycles. The third-order valence-corrected chi connectivity index (χ3v) is 1.68. The van der Waals surface area contributed by atoms with E-state index >= 15 is 0 Å². The number of esters is 1. The van der Waals surface area contributed by atoms with Gasteiger partial charge in [0.1, 0.15) is 0 Å². The highest BCUT2D eigenvalue weighted by atomic mass is 16.5. The van der Waals surface area contributed by atoms with Gasteiger partial charge in [-0.3, -0.25) is 9.48 Å². The summed E-state index contributed by atoms with van der Waals surface area (Å²) in [6.45, 7) is 2.24. The maximum absolute atomic E-state index is 11.2. The Morgan fingerprint density at radius 2 is 2.33 bits per heavy atom. The largest absolute Gasteiger partial charge is 0.481 e. The van der Waals surface area contributed by atoms with Crippen LogP contribution in [0, 0.1) is 0 Å². The molecule has 1 N–H and O–H groups in total. The molecule has 0 saturated heterocycles. The predicted octanol–water partition coefficient (Wildman–Crippen LogP) is 0.534. The molecule has 0 aromatic carbocycles. The topological polar surface area (TPSA) is 81.4 Å². The van der Waals surface area contributed by atoms with E-state index in [-0.39, 0.29) is 18.7 Å². The minimum atomic E-state index is -0.900. The molecule has 0 amide bonds. The lowest BCUT2D eigenvalue weighted by Gasteiger charge is -1.98. The molecule has 6 heteroatoms. The average Bonchev–Trinajstić information content (AvgIpc) is 2.63. The quantitative estimate of drug-likeness (QED) is 0.720. The zero-order valence-electron chi connectivity index (χ0n) is 8.34. The van der Waals surface area contributed by atoms with E-state index in [4.69, 9.17) is 9.84 Å². The summed E-state index contributed by atoms with van der Waals surface area (Å²) in [6.07, 6.45) is 1.53. The van der Waals surface area contributed by atoms with Crippen LogP contribution >= 0.6 is 0 Å². The van der Waals surface area contributed by atoms with Crippen LogP contribution in [0.3, 0.4) is 0 Å². The van der Waals surface area contributed by atoms with Gasteiger partial charge in [-0.15, -0.1) is 0 Å². The minimum Gasteiger partial charge on any atom is -0.481 e. The van der Waals surface area contributed by atoms with Crippen LogP contribution < -0.4 is 0 Å². The molecule has 0 spiro atoms. The molecule has 0 saturated carbocycles. The van der Waals surface area contributed by atoms with Crippen molar-refractivity contribution in [1.82, 2.24) is 9.78 Å². The van der Waals surface area contributed by atoms with Gasteiger partial charge in [0.2, 0.25) is 0 Å². The maximum atomic E-state index is 11.2. The van der Waals surface area contributed by atoms with Crippen molar-refractivity contribution in [2.45, 2.75) is 19.9 Å². The molecule has 1 aromatic rings. The zero-order chi connectivity index (χ0) is 11.3. The van der Waals surface area contributed by atoms with E-state index in [1.165, 1.54) is 10.7 Å². The molecular weight excluding hydrogens is 200 g/mol. The molecule has 0 bridgehead atoms. The highest BCUT2D eigenvalue weighted by Crippen LogP contribution is 1.99. The zero-order valence-corrected chi connectivity index (χ0v) is 8.34. The van der Waals surface area contributed by atoms with Crippen LogP contribution in [0.5, 0.6) is 0 Å². The van der Waals surface area contributed by atoms with E-state index in [1.807, 2.05) is 0 Å². The van der Waals surface area contributed by atoms with Crippen molar-refractivity contribution >= 4 is 11.9 Å². The van der Waals surface area contributed by atoms with Crippen LogP contribution in [-0.4, -0.2) is 33.4 Å². The molecule has 0 aliphatic rings. The number of aromatic nitrogens is 2. The molecule has 15 heavy (non-hydrogen) atoms. The number of aryl methyl sites for hydroxylation is 1. The number of hydrogen-bond acceptors (Lipinski definition) is 4. The Bertz CT molecular complexity index is 359. The number of aliphatic carboxylic acids is 1. The fourth-order valence-electron chi connectivity index (χ4n) is 1.01. The summed E-state index contributed by atoms with van der Waals surface area (Å²) in [5, 5.41) is 12.3. The summed E-state index contributed by atoms with van der Waals surface area (Å²) in [4.78, 5) is 21.5. The SMILES string of the molecule is CCOC(=O)c1ccn(CCC(=O)O)n1. The van der Waals surface area contributed by atoms with Crippen molar-refractivity contribution in [1.29, 1.82) is 0 Å². The lowest BCUT2D eigenvalue weighted by molar-refractivity contribution is -0.137. The number of ether oxygens (including phenoxy) is 1. The van der Waals surface area contributed by atoms with E-state index in [9.17, 15) is 9.59 Å². The normalized spacial score (nSPS) is 9.93. The van der Waals surface area contributed by atoms with Gasteiger partial charge in [0.25, 0.3) is 0 Å². The molecule has 1 heterocycles. The van der Waals surface area contributed by atoms with E-state index in [1.54, 1.807) is 13.1 Å². The maximum Gasteiger partial charge on any atom is 0.358 e. The van der Waals surface area contributed by atoms with Gasteiger partial charge in [-0.1, -0.05) is 0 Å². The molecule has 82 valence electrons. The van der Waals surface area contributed by atoms with Crippen molar-refractivity contribution in [3.63, 3.8) is 0 Å². The first-order chi connectivity index (χ1) is 7.13. The Kier molecular flexibility index (Phi) is 3.84. The number of rotatable bonds is 5. The number of carbonyl (C=O) groups is 2. The number of carbonyl (C=O) groups excluding carboxylic acids is 1. The summed E-state index contributed by atoms with van der Waals surface area (Å²) < 4.78 is 6.14. The number of nitrogens with zero attached hydrogens (tertiary/aromatic N) is 2. The second-order valence-electron chi connectivity index (χ2n) is 2.83. The van der Waals surface area contributed by atoms with Crippen LogP contribution in [0.25, 0.3) is 0 Å². The molecule has 1 rings (SSSR count). The van der Waals surface area contributed by atoms with Crippen LogP contribution in [0.4, 0.5) is 0 Å². The number of hydrogen-bond donors (Lipinski definition) is 1. The fourth-order valence-corrected chi connectivity index (χ4v) is 1.01. The summed E-state index contributed by atoms with van der Waals surface area (Å²) >= 11 is 0. The average molecular weight is 212 g/mol. The van der Waals surface area contributed by atoms with E-state index in [0.29, 0.717) is 6.61 Å². The summed E-state index contributed by atoms with van der Waals surface area (Å²) in [6, 6.07) is 1.50. The molecule has 0 aliphatic heterocycles. The lowest BCUT2D eigenvalue weighted by atomic mass is 10.4. The van der Waals surface area contributed by atoms with Gasteiger partial charge in [-0.05, 0) is 13.0 Å². The highest BCUT2D eigenvalue weighted by molar-refractivity contribution is 5.86. The molecular formula is C9H12N2O4. The molecule has 6 nitrogen and oxygen atoms in total. The first-order valence-electron chi connectivity index (χ1n) is 4.56. The third-order valence-electron chi connectivity index (χ3n) is 1.68. The van der Waals surface area contributed by atoms with Gasteiger partial charge < -0.3 is 9.84 Å². The van der Waals surface area contributed by atoms with Crippen LogP contribution in [0.2, 0.25) is 0 Å². The highest BCUT2D eigenvalue weighted by Gasteiger charge is 2.10. The molecule has 0 unspecified atom stereocenters. The van der Waals surface area contributed by atoms with Crippen molar-refractivity contribution in [2.24, 2.45) is 0 Å². The van der Waals surface area contributed by atoms with Crippen LogP contribution in [0.1, 0.15) is 23.8 Å². The Hall–Kier alpha value is -1.85. The molecule has 0 fully saturated rings. The van der Waals surface area contributed by atoms with Crippen LogP contribution in [0.15, 0.2) is 12.3 Å². The standard InChI is InChI=1S/C9H12N2O4/c1-2-15-9(14)7-3-5-11(10-7)6-4-8(12)13/h3,5H,2,4,6H2,1H3,(H,12,13). The lowest BCUT2D eigenvalue weighted by Crippen LogP contribution is -2.09. The first kappa shape index (κ1) is 11.2. The van der Waals surface area contributed by atoms with E-state index in [0.717, 1.165) is 0 Å². The van der Waals surface area contributed by atoms with Crippen molar-refractivity contribution in [2.75, 3.05) is 6.61 Å².